The van der Waals surface area contributed by atoms with E-state index in [0.717, 1.165) is 9.13 Å². The van der Waals surface area contributed by atoms with Gasteiger partial charge in [0.1, 0.15) is 0 Å². The zero-order chi connectivity index (χ0) is 20.7. The number of benzene rings is 2. The monoisotopic (exact) mass is 516 g/mol. The van der Waals surface area contributed by atoms with Crippen molar-refractivity contribution in [2.45, 2.75) is 11.8 Å². The predicted octanol–water partition coefficient (Wildman–Crippen LogP) is 1.05. The first-order valence-electron chi connectivity index (χ1n) is 7.90. The van der Waals surface area contributed by atoms with Crippen LogP contribution in [0.3, 0.4) is 0 Å². The van der Waals surface area contributed by atoms with Crippen LogP contribution in [0.15, 0.2) is 53.4 Å². The van der Waals surface area contributed by atoms with Gasteiger partial charge < -0.3 is 5.32 Å². The molecule has 0 aliphatic heterocycles. The van der Waals surface area contributed by atoms with Gasteiger partial charge in [0, 0.05) is 3.57 Å². The highest BCUT2D eigenvalue weighted by Gasteiger charge is 2.18. The van der Waals surface area contributed by atoms with Gasteiger partial charge in [0.05, 0.1) is 17.0 Å². The van der Waals surface area contributed by atoms with Crippen molar-refractivity contribution in [2.24, 2.45) is 0 Å². The SMILES string of the molecule is Cc1ccc(S(=O)(=O)NC(=O)NNC(=O)CNC(=O)c2ccccc2I)cc1. The molecule has 0 aliphatic rings. The van der Waals surface area contributed by atoms with Gasteiger partial charge in [0.15, 0.2) is 0 Å². The van der Waals surface area contributed by atoms with Gasteiger partial charge in [-0.15, -0.1) is 0 Å². The molecule has 0 bridgehead atoms. The van der Waals surface area contributed by atoms with Gasteiger partial charge in [0.2, 0.25) is 0 Å². The van der Waals surface area contributed by atoms with Gasteiger partial charge in [-0.05, 0) is 53.8 Å². The number of carbonyl (C=O) groups is 3. The van der Waals surface area contributed by atoms with E-state index in [0.29, 0.717) is 5.56 Å². The molecule has 2 rings (SSSR count). The Labute approximate surface area is 175 Å². The summed E-state index contributed by atoms with van der Waals surface area (Å²) in [6, 6.07) is 11.6. The molecule has 11 heteroatoms. The zero-order valence-electron chi connectivity index (χ0n) is 14.7. The minimum atomic E-state index is -4.07. The lowest BCUT2D eigenvalue weighted by Gasteiger charge is -2.10. The van der Waals surface area contributed by atoms with Crippen molar-refractivity contribution in [3.05, 3.63) is 63.2 Å². The number of hydrogen-bond acceptors (Lipinski definition) is 5. The van der Waals surface area contributed by atoms with Crippen molar-refractivity contribution in [2.75, 3.05) is 6.54 Å². The largest absolute Gasteiger partial charge is 0.347 e. The van der Waals surface area contributed by atoms with E-state index in [2.05, 4.69) is 5.32 Å². The number of urea groups is 1. The fourth-order valence-electron chi connectivity index (χ4n) is 2.00. The maximum Gasteiger partial charge on any atom is 0.347 e. The smallest absolute Gasteiger partial charge is 0.343 e. The second-order valence-corrected chi connectivity index (χ2v) is 8.43. The maximum atomic E-state index is 12.1. The Kier molecular flexibility index (Phi) is 7.34. The Morgan fingerprint density at radius 3 is 2.25 bits per heavy atom. The van der Waals surface area contributed by atoms with Crippen LogP contribution in [-0.2, 0) is 14.8 Å². The first-order valence-corrected chi connectivity index (χ1v) is 10.5. The summed E-state index contributed by atoms with van der Waals surface area (Å²) in [6.45, 7) is 1.39. The maximum absolute atomic E-state index is 12.1. The third-order valence-electron chi connectivity index (χ3n) is 3.40. The van der Waals surface area contributed by atoms with E-state index in [1.807, 2.05) is 33.4 Å². The summed E-state index contributed by atoms with van der Waals surface area (Å²) < 4.78 is 26.6. The molecule has 0 radical (unpaired) electrons. The van der Waals surface area contributed by atoms with Crippen molar-refractivity contribution >= 4 is 50.5 Å². The number of hydrazine groups is 1. The normalized spacial score (nSPS) is 10.6. The van der Waals surface area contributed by atoms with Crippen LogP contribution in [0.1, 0.15) is 15.9 Å². The lowest BCUT2D eigenvalue weighted by Crippen LogP contribution is -2.51. The Balaban J connectivity index is 1.80. The topological polar surface area (TPSA) is 133 Å². The minimum absolute atomic E-state index is 0.0932. The summed E-state index contributed by atoms with van der Waals surface area (Å²) in [6.07, 6.45) is 0. The fraction of sp³-hybridized carbons (Fsp3) is 0.118. The minimum Gasteiger partial charge on any atom is -0.343 e. The van der Waals surface area contributed by atoms with Crippen molar-refractivity contribution in [3.63, 3.8) is 0 Å². The Hall–Kier alpha value is -2.67. The molecular formula is C17H17IN4O5S. The van der Waals surface area contributed by atoms with Gasteiger partial charge in [-0.1, -0.05) is 29.8 Å². The van der Waals surface area contributed by atoms with Crippen molar-refractivity contribution in [1.82, 2.24) is 20.9 Å². The van der Waals surface area contributed by atoms with Gasteiger partial charge in [0.25, 0.3) is 21.8 Å². The van der Waals surface area contributed by atoms with E-state index in [-0.39, 0.29) is 4.90 Å². The number of rotatable bonds is 5. The summed E-state index contributed by atoms with van der Waals surface area (Å²) in [5.74, 6) is -1.19. The quantitative estimate of drug-likeness (QED) is 0.349. The average Bonchev–Trinajstić information content (AvgIpc) is 2.65. The van der Waals surface area contributed by atoms with Crippen LogP contribution in [0.4, 0.5) is 4.79 Å². The summed E-state index contributed by atoms with van der Waals surface area (Å²) in [5.41, 5.74) is 5.19. The average molecular weight is 516 g/mol. The van der Waals surface area contributed by atoms with E-state index >= 15 is 0 Å². The summed E-state index contributed by atoms with van der Waals surface area (Å²) in [4.78, 5) is 35.3. The number of sulfonamides is 1. The molecule has 0 saturated heterocycles. The fourth-order valence-corrected chi connectivity index (χ4v) is 3.54. The number of hydrogen-bond donors (Lipinski definition) is 4. The van der Waals surface area contributed by atoms with Crippen LogP contribution in [0.5, 0.6) is 0 Å². The van der Waals surface area contributed by atoms with Crippen LogP contribution < -0.4 is 20.9 Å². The number of aryl methyl sites for hydroxylation is 1. The van der Waals surface area contributed by atoms with Gasteiger partial charge in [-0.25, -0.2) is 23.4 Å². The highest BCUT2D eigenvalue weighted by atomic mass is 127. The Morgan fingerprint density at radius 2 is 1.61 bits per heavy atom. The molecule has 0 unspecified atom stereocenters. The second kappa shape index (κ2) is 9.50. The van der Waals surface area contributed by atoms with Crippen LogP contribution in [0.2, 0.25) is 0 Å². The van der Waals surface area contributed by atoms with Gasteiger partial charge in [-0.2, -0.15) is 0 Å². The molecule has 0 aliphatic carbocycles. The number of halogens is 1. The summed E-state index contributed by atoms with van der Waals surface area (Å²) in [5, 5.41) is 2.40. The van der Waals surface area contributed by atoms with Crippen molar-refractivity contribution in [3.8, 4) is 0 Å². The number of carbonyl (C=O) groups excluding carboxylic acids is 3. The molecule has 0 atom stereocenters. The summed E-state index contributed by atoms with van der Waals surface area (Å²) in [7, 11) is -4.07. The van der Waals surface area contributed by atoms with Crippen LogP contribution >= 0.6 is 22.6 Å². The second-order valence-electron chi connectivity index (χ2n) is 5.58. The molecule has 2 aromatic carbocycles. The van der Waals surface area contributed by atoms with E-state index in [9.17, 15) is 22.8 Å². The zero-order valence-corrected chi connectivity index (χ0v) is 17.6. The lowest BCUT2D eigenvalue weighted by atomic mass is 10.2. The van der Waals surface area contributed by atoms with E-state index in [1.54, 1.807) is 48.0 Å². The molecule has 28 heavy (non-hydrogen) atoms. The molecular weight excluding hydrogens is 499 g/mol. The lowest BCUT2D eigenvalue weighted by molar-refractivity contribution is -0.120. The van der Waals surface area contributed by atoms with E-state index in [1.165, 1.54) is 12.1 Å². The molecule has 4 N–H and O–H groups in total. The van der Waals surface area contributed by atoms with Crippen LogP contribution in [-0.4, -0.2) is 32.8 Å². The Bertz CT molecular complexity index is 993. The van der Waals surface area contributed by atoms with E-state index in [4.69, 9.17) is 0 Å². The molecule has 0 heterocycles. The van der Waals surface area contributed by atoms with Crippen molar-refractivity contribution < 1.29 is 22.8 Å². The molecule has 148 valence electrons. The van der Waals surface area contributed by atoms with Gasteiger partial charge >= 0.3 is 6.03 Å². The highest BCUT2D eigenvalue weighted by Crippen LogP contribution is 2.11. The molecule has 0 spiro atoms. The van der Waals surface area contributed by atoms with Crippen LogP contribution in [0.25, 0.3) is 0 Å². The third kappa shape index (κ3) is 6.20. The van der Waals surface area contributed by atoms with Gasteiger partial charge in [-0.3, -0.25) is 15.0 Å². The van der Waals surface area contributed by atoms with Crippen LogP contribution in [0, 0.1) is 10.5 Å². The molecule has 0 saturated carbocycles. The predicted molar refractivity (Wildman–Crippen MR) is 110 cm³/mol. The third-order valence-corrected chi connectivity index (χ3v) is 5.69. The summed E-state index contributed by atoms with van der Waals surface area (Å²) >= 11 is 1.99. The number of nitrogens with one attached hydrogen (secondary N) is 4. The molecule has 0 fully saturated rings. The molecule has 9 nitrogen and oxygen atoms in total. The van der Waals surface area contributed by atoms with E-state index < -0.39 is 34.4 Å². The molecule has 0 aromatic heterocycles. The first kappa shape index (κ1) is 21.6. The first-order chi connectivity index (χ1) is 13.2. The Morgan fingerprint density at radius 1 is 0.964 bits per heavy atom. The highest BCUT2D eigenvalue weighted by molar-refractivity contribution is 14.1. The van der Waals surface area contributed by atoms with Crippen molar-refractivity contribution in [1.29, 1.82) is 0 Å². The number of amides is 4. The molecule has 4 amide bonds. The molecule has 2 aromatic rings. The standard InChI is InChI=1S/C17H17IN4O5S/c1-11-6-8-12(9-7-11)28(26,27)22-17(25)21-20-15(23)10-19-16(24)13-4-2-3-5-14(13)18/h2-9H,10H2,1H3,(H,19,24)(H,20,23)(H2,21,22,25).